The number of benzene rings is 3. The van der Waals surface area contributed by atoms with E-state index in [4.69, 9.17) is 18.9 Å². The summed E-state index contributed by atoms with van der Waals surface area (Å²) in [6, 6.07) is 1.55. The molecule has 4 rings (SSSR count). The van der Waals surface area contributed by atoms with Crippen molar-refractivity contribution >= 4 is 45.6 Å². The smallest absolute Gasteiger partial charge is 0.356 e. The number of aliphatic hydroxyl groups is 1. The standard InChI is InChI=1S/C40H41BrO12/c1-12-25-14-27(17(3)18(4)30(25)37(46)52-34-22(8)19(5)29(36(44)45)20(6)23(34)9)51-38(47)31-21(7)24(10)35(32(41)33(31)43)53-39(48)40(49)16(2)13-26(42)15-28(40)50-11/h13-15,43,49H,12H2,1-11H3,(H,44,45)/t40-/m1/s1. The summed E-state index contributed by atoms with van der Waals surface area (Å²) in [6.07, 6.45) is 2.39. The van der Waals surface area contributed by atoms with Crippen molar-refractivity contribution < 1.29 is 58.2 Å². The predicted octanol–water partition coefficient (Wildman–Crippen LogP) is 7.02. The van der Waals surface area contributed by atoms with Crippen LogP contribution in [0.25, 0.3) is 0 Å². The largest absolute Gasteiger partial charge is 0.506 e. The Morgan fingerprint density at radius 1 is 0.717 bits per heavy atom. The van der Waals surface area contributed by atoms with E-state index in [9.17, 15) is 39.3 Å². The summed E-state index contributed by atoms with van der Waals surface area (Å²) in [6.45, 7) is 16.3. The summed E-state index contributed by atoms with van der Waals surface area (Å²) in [5, 5.41) is 32.2. The number of carbonyl (C=O) groups is 5. The first kappa shape index (κ1) is 40.5. The maximum absolute atomic E-state index is 13.8. The zero-order chi connectivity index (χ0) is 40.0. The van der Waals surface area contributed by atoms with Gasteiger partial charge >= 0.3 is 23.9 Å². The average Bonchev–Trinajstić information content (AvgIpc) is 3.09. The zero-order valence-corrected chi connectivity index (χ0v) is 32.9. The number of carbonyl (C=O) groups excluding carboxylic acids is 4. The topological polar surface area (TPSA) is 183 Å². The summed E-state index contributed by atoms with van der Waals surface area (Å²) in [5.74, 6) is -5.10. The van der Waals surface area contributed by atoms with E-state index in [1.165, 1.54) is 27.9 Å². The van der Waals surface area contributed by atoms with Crippen LogP contribution in [0.1, 0.15) is 95.0 Å². The Morgan fingerprint density at radius 2 is 1.23 bits per heavy atom. The molecule has 3 aromatic carbocycles. The summed E-state index contributed by atoms with van der Waals surface area (Å²) in [5.41, 5.74) is 1.68. The van der Waals surface area contributed by atoms with Crippen molar-refractivity contribution in [3.63, 3.8) is 0 Å². The molecule has 0 radical (unpaired) electrons. The van der Waals surface area contributed by atoms with E-state index in [1.807, 2.05) is 6.92 Å². The number of aromatic carboxylic acids is 1. The van der Waals surface area contributed by atoms with Crippen molar-refractivity contribution in [3.8, 4) is 23.0 Å². The van der Waals surface area contributed by atoms with Crippen LogP contribution in [0.3, 0.4) is 0 Å². The molecule has 53 heavy (non-hydrogen) atoms. The lowest BCUT2D eigenvalue weighted by Crippen LogP contribution is -2.47. The van der Waals surface area contributed by atoms with E-state index < -0.39 is 41.0 Å². The fourth-order valence-corrected chi connectivity index (χ4v) is 6.95. The molecular weight excluding hydrogens is 752 g/mol. The number of phenolic OH excluding ortho intramolecular Hbond substituents is 1. The third kappa shape index (κ3) is 6.86. The number of phenols is 1. The molecule has 0 saturated carbocycles. The Kier molecular flexibility index (Phi) is 11.5. The maximum atomic E-state index is 13.8. The molecule has 0 amide bonds. The Balaban J connectivity index is 1.69. The van der Waals surface area contributed by atoms with Crippen LogP contribution in [0.5, 0.6) is 23.0 Å². The number of halogens is 1. The Morgan fingerprint density at radius 3 is 1.75 bits per heavy atom. The van der Waals surface area contributed by atoms with Crippen molar-refractivity contribution in [2.45, 2.75) is 81.3 Å². The van der Waals surface area contributed by atoms with Crippen molar-refractivity contribution in [1.82, 2.24) is 0 Å². The highest BCUT2D eigenvalue weighted by atomic mass is 79.9. The first-order chi connectivity index (χ1) is 24.6. The summed E-state index contributed by atoms with van der Waals surface area (Å²) in [7, 11) is 1.19. The summed E-state index contributed by atoms with van der Waals surface area (Å²) in [4.78, 5) is 64.8. The van der Waals surface area contributed by atoms with Crippen molar-refractivity contribution in [3.05, 3.63) is 101 Å². The summed E-state index contributed by atoms with van der Waals surface area (Å²) >= 11 is 3.22. The van der Waals surface area contributed by atoms with E-state index in [1.54, 1.807) is 47.6 Å². The van der Waals surface area contributed by atoms with Crippen LogP contribution in [0, 0.1) is 55.4 Å². The Hall–Kier alpha value is -5.27. The molecule has 0 saturated heterocycles. The highest BCUT2D eigenvalue weighted by molar-refractivity contribution is 9.10. The van der Waals surface area contributed by atoms with Crippen LogP contribution in [-0.4, -0.2) is 57.7 Å². The molecule has 0 bridgehead atoms. The van der Waals surface area contributed by atoms with Crippen LogP contribution in [0.2, 0.25) is 0 Å². The molecule has 0 spiro atoms. The van der Waals surface area contributed by atoms with Crippen molar-refractivity contribution in [2.75, 3.05) is 7.11 Å². The van der Waals surface area contributed by atoms with E-state index >= 15 is 0 Å². The normalized spacial score (nSPS) is 15.4. The van der Waals surface area contributed by atoms with Gasteiger partial charge in [0, 0.05) is 6.08 Å². The van der Waals surface area contributed by atoms with Crippen LogP contribution >= 0.6 is 15.9 Å². The molecule has 0 aliphatic heterocycles. The fourth-order valence-electron chi connectivity index (χ4n) is 6.38. The summed E-state index contributed by atoms with van der Waals surface area (Å²) < 4.78 is 22.3. The monoisotopic (exact) mass is 792 g/mol. The SMILES string of the molecule is CCc1cc(OC(=O)c2c(C)c(C)c(OC(=O)[C@@]3(O)C(C)=CC(=O)C=C3OC)c(Br)c2O)c(C)c(C)c1C(=O)Oc1c(C)c(C)c(C(=O)O)c(C)c1C. The zero-order valence-electron chi connectivity index (χ0n) is 31.3. The van der Waals surface area contributed by atoms with Gasteiger partial charge in [0.25, 0.3) is 0 Å². The number of aromatic hydroxyl groups is 1. The Labute approximate surface area is 315 Å². The van der Waals surface area contributed by atoms with Crippen molar-refractivity contribution in [2.24, 2.45) is 0 Å². The number of carboxylic acid groups (broad SMARTS) is 1. The van der Waals surface area contributed by atoms with E-state index in [2.05, 4.69) is 15.9 Å². The molecular formula is C40H41BrO12. The van der Waals surface area contributed by atoms with Gasteiger partial charge in [-0.25, -0.2) is 19.2 Å². The second-order valence-electron chi connectivity index (χ2n) is 13.0. The third-order valence-electron chi connectivity index (χ3n) is 10.1. The molecule has 0 fully saturated rings. The maximum Gasteiger partial charge on any atom is 0.356 e. The van der Waals surface area contributed by atoms with Crippen LogP contribution in [0.4, 0.5) is 0 Å². The van der Waals surface area contributed by atoms with Gasteiger partial charge in [0.1, 0.15) is 33.0 Å². The first-order valence-electron chi connectivity index (χ1n) is 16.5. The average molecular weight is 794 g/mol. The quantitative estimate of drug-likeness (QED) is 0.149. The highest BCUT2D eigenvalue weighted by Crippen LogP contribution is 2.44. The second kappa shape index (κ2) is 15.0. The number of hydrogen-bond acceptors (Lipinski definition) is 11. The van der Waals surface area contributed by atoms with E-state index in [0.29, 0.717) is 45.4 Å². The fraction of sp³-hybridized carbons (Fsp3) is 0.325. The number of rotatable bonds is 9. The van der Waals surface area contributed by atoms with Crippen molar-refractivity contribution in [1.29, 1.82) is 0 Å². The molecule has 0 aromatic heterocycles. The molecule has 13 heteroatoms. The lowest BCUT2D eigenvalue weighted by atomic mass is 9.87. The Bertz CT molecular complexity index is 2150. The van der Waals surface area contributed by atoms with Crippen LogP contribution in [-0.2, 0) is 20.7 Å². The van der Waals surface area contributed by atoms with E-state index in [0.717, 1.165) is 12.2 Å². The minimum absolute atomic E-state index is 0.0389. The minimum Gasteiger partial charge on any atom is -0.506 e. The molecule has 3 N–H and O–H groups in total. The number of aryl methyl sites for hydroxylation is 1. The number of carboxylic acids is 1. The molecule has 3 aromatic rings. The van der Waals surface area contributed by atoms with Gasteiger partial charge in [-0.2, -0.15) is 0 Å². The lowest BCUT2D eigenvalue weighted by molar-refractivity contribution is -0.151. The van der Waals surface area contributed by atoms with Gasteiger partial charge in [0.05, 0.1) is 18.2 Å². The molecule has 0 unspecified atom stereocenters. The van der Waals surface area contributed by atoms with Gasteiger partial charge in [-0.1, -0.05) is 6.92 Å². The number of methoxy groups -OCH3 is 1. The van der Waals surface area contributed by atoms with Gasteiger partial charge in [0.2, 0.25) is 5.60 Å². The molecule has 1 atom stereocenters. The molecule has 0 heterocycles. The first-order valence-corrected chi connectivity index (χ1v) is 17.3. The number of hydrogen-bond donors (Lipinski definition) is 3. The van der Waals surface area contributed by atoms with Crippen LogP contribution in [0.15, 0.2) is 34.0 Å². The molecule has 1 aliphatic carbocycles. The lowest BCUT2D eigenvalue weighted by Gasteiger charge is -2.30. The molecule has 12 nitrogen and oxygen atoms in total. The number of esters is 3. The second-order valence-corrected chi connectivity index (χ2v) is 13.8. The van der Waals surface area contributed by atoms with Gasteiger partial charge < -0.3 is 34.3 Å². The van der Waals surface area contributed by atoms with Gasteiger partial charge in [0.15, 0.2) is 11.5 Å². The van der Waals surface area contributed by atoms with Gasteiger partial charge in [-0.3, -0.25) is 4.79 Å². The molecule has 1 aliphatic rings. The third-order valence-corrected chi connectivity index (χ3v) is 10.8. The van der Waals surface area contributed by atoms with Crippen LogP contribution < -0.4 is 14.2 Å². The number of ketones is 1. The highest BCUT2D eigenvalue weighted by Gasteiger charge is 2.48. The van der Waals surface area contributed by atoms with Gasteiger partial charge in [-0.15, -0.1) is 0 Å². The van der Waals surface area contributed by atoms with E-state index in [-0.39, 0.29) is 60.9 Å². The molecule has 280 valence electrons. The predicted molar refractivity (Wildman–Crippen MR) is 197 cm³/mol. The van der Waals surface area contributed by atoms with Gasteiger partial charge in [-0.05, 0) is 152 Å². The minimum atomic E-state index is -2.43. The number of allylic oxidation sites excluding steroid dienone is 2. The number of ether oxygens (including phenoxy) is 4.